The average Bonchev–Trinajstić information content (AvgIpc) is 2.78. The van der Waals surface area contributed by atoms with Gasteiger partial charge in [-0.15, -0.1) is 0 Å². The predicted molar refractivity (Wildman–Crippen MR) is 122 cm³/mol. The van der Waals surface area contributed by atoms with Crippen LogP contribution in [0.4, 0.5) is 11.4 Å². The molecule has 0 heterocycles. The molecule has 6 heteroatoms. The molecule has 3 aromatic carbocycles. The number of carbonyl (C=O) groups excluding carboxylic acids is 2. The smallest absolute Gasteiger partial charge is 0.262 e. The number of hydrogen-bond acceptors (Lipinski definition) is 4. The second-order valence-corrected chi connectivity index (χ2v) is 6.82. The van der Waals surface area contributed by atoms with E-state index in [0.29, 0.717) is 36.6 Å². The van der Waals surface area contributed by atoms with E-state index in [9.17, 15) is 9.59 Å². The zero-order valence-corrected chi connectivity index (χ0v) is 17.5. The van der Waals surface area contributed by atoms with Crippen molar-refractivity contribution < 1.29 is 19.1 Å². The van der Waals surface area contributed by atoms with Gasteiger partial charge in [0.25, 0.3) is 5.91 Å². The first-order chi connectivity index (χ1) is 15.1. The molecule has 2 N–H and O–H groups in total. The van der Waals surface area contributed by atoms with E-state index in [0.717, 1.165) is 11.3 Å². The van der Waals surface area contributed by atoms with Crippen LogP contribution in [-0.4, -0.2) is 25.0 Å². The molecule has 3 rings (SSSR count). The first-order valence-electron chi connectivity index (χ1n) is 10.2. The van der Waals surface area contributed by atoms with E-state index in [1.54, 1.807) is 36.4 Å². The Balaban J connectivity index is 1.48. The van der Waals surface area contributed by atoms with Crippen molar-refractivity contribution in [1.29, 1.82) is 0 Å². The normalized spacial score (nSPS) is 10.2. The van der Waals surface area contributed by atoms with E-state index in [2.05, 4.69) is 10.6 Å². The van der Waals surface area contributed by atoms with Crippen molar-refractivity contribution >= 4 is 23.2 Å². The fourth-order valence-corrected chi connectivity index (χ4v) is 3.01. The Morgan fingerprint density at radius 3 is 2.29 bits per heavy atom. The van der Waals surface area contributed by atoms with Crippen LogP contribution in [0.1, 0.15) is 18.9 Å². The van der Waals surface area contributed by atoms with Crippen molar-refractivity contribution in [3.8, 4) is 11.5 Å². The highest BCUT2D eigenvalue weighted by Crippen LogP contribution is 2.21. The van der Waals surface area contributed by atoms with Gasteiger partial charge in [-0.05, 0) is 49.2 Å². The maximum Gasteiger partial charge on any atom is 0.262 e. The van der Waals surface area contributed by atoms with Crippen LogP contribution in [0.3, 0.4) is 0 Å². The number of aryl methyl sites for hydroxylation is 1. The summed E-state index contributed by atoms with van der Waals surface area (Å²) < 4.78 is 11.2. The fourth-order valence-electron chi connectivity index (χ4n) is 3.01. The van der Waals surface area contributed by atoms with E-state index in [1.165, 1.54) is 0 Å². The van der Waals surface area contributed by atoms with E-state index in [1.807, 2.05) is 49.4 Å². The Hall–Kier alpha value is -3.80. The van der Waals surface area contributed by atoms with Gasteiger partial charge in [0.2, 0.25) is 5.91 Å². The van der Waals surface area contributed by atoms with Gasteiger partial charge in [0, 0.05) is 23.9 Å². The van der Waals surface area contributed by atoms with Crippen molar-refractivity contribution in [3.05, 3.63) is 84.4 Å². The molecular formula is C25H26N2O4. The van der Waals surface area contributed by atoms with Crippen molar-refractivity contribution in [1.82, 2.24) is 0 Å². The van der Waals surface area contributed by atoms with Gasteiger partial charge < -0.3 is 20.1 Å². The second kappa shape index (κ2) is 11.4. The zero-order chi connectivity index (χ0) is 21.9. The van der Waals surface area contributed by atoms with E-state index in [-0.39, 0.29) is 18.4 Å². The van der Waals surface area contributed by atoms with Crippen LogP contribution in [-0.2, 0) is 16.0 Å². The van der Waals surface area contributed by atoms with Gasteiger partial charge in [-0.3, -0.25) is 9.59 Å². The molecule has 0 aliphatic rings. The first kappa shape index (κ1) is 21.9. The summed E-state index contributed by atoms with van der Waals surface area (Å²) in [7, 11) is 0. The Bertz CT molecular complexity index is 1010. The molecule has 0 saturated heterocycles. The summed E-state index contributed by atoms with van der Waals surface area (Å²) in [6.07, 6.45) is 0.909. The van der Waals surface area contributed by atoms with Crippen molar-refractivity contribution in [2.45, 2.75) is 19.8 Å². The number of nitrogens with one attached hydrogen (secondary N) is 2. The molecule has 31 heavy (non-hydrogen) atoms. The van der Waals surface area contributed by atoms with Crippen LogP contribution < -0.4 is 20.1 Å². The summed E-state index contributed by atoms with van der Waals surface area (Å²) in [4.78, 5) is 24.4. The molecule has 0 bridgehead atoms. The lowest BCUT2D eigenvalue weighted by Crippen LogP contribution is -2.20. The largest absolute Gasteiger partial charge is 0.494 e. The topological polar surface area (TPSA) is 76.7 Å². The summed E-state index contributed by atoms with van der Waals surface area (Å²) in [5.74, 6) is 0.948. The third-order valence-corrected chi connectivity index (χ3v) is 4.44. The molecule has 160 valence electrons. The molecular weight excluding hydrogens is 392 g/mol. The van der Waals surface area contributed by atoms with Crippen molar-refractivity contribution in [2.24, 2.45) is 0 Å². The zero-order valence-electron chi connectivity index (χ0n) is 17.5. The lowest BCUT2D eigenvalue weighted by molar-refractivity contribution is -0.118. The molecule has 0 saturated carbocycles. The maximum atomic E-state index is 12.4. The minimum absolute atomic E-state index is 0.106. The highest BCUT2D eigenvalue weighted by atomic mass is 16.5. The second-order valence-electron chi connectivity index (χ2n) is 6.82. The number of ether oxygens (including phenoxy) is 2. The maximum absolute atomic E-state index is 12.4. The van der Waals surface area contributed by atoms with Crippen LogP contribution in [0.5, 0.6) is 11.5 Å². The van der Waals surface area contributed by atoms with E-state index < -0.39 is 0 Å². The van der Waals surface area contributed by atoms with E-state index in [4.69, 9.17) is 9.47 Å². The van der Waals surface area contributed by atoms with Gasteiger partial charge in [-0.25, -0.2) is 0 Å². The van der Waals surface area contributed by atoms with Crippen LogP contribution >= 0.6 is 0 Å². The Morgan fingerprint density at radius 1 is 0.774 bits per heavy atom. The molecule has 3 aromatic rings. The predicted octanol–water partition coefficient (Wildman–Crippen LogP) is 4.67. The highest BCUT2D eigenvalue weighted by molar-refractivity contribution is 5.92. The molecule has 0 aromatic heterocycles. The summed E-state index contributed by atoms with van der Waals surface area (Å²) >= 11 is 0. The van der Waals surface area contributed by atoms with Crippen LogP contribution in [0.15, 0.2) is 78.9 Å². The van der Waals surface area contributed by atoms with Gasteiger partial charge in [-0.2, -0.15) is 0 Å². The Morgan fingerprint density at radius 2 is 1.48 bits per heavy atom. The number of hydrogen-bond donors (Lipinski definition) is 2. The van der Waals surface area contributed by atoms with Crippen LogP contribution in [0, 0.1) is 0 Å². The standard InChI is InChI=1S/C25H26N2O4/c1-2-30-23-14-7-6-9-19(23)15-16-24(28)27-21-12-8-13-22(17-21)31-18-25(29)26-20-10-4-3-5-11-20/h3-14,17H,2,15-16,18H2,1H3,(H,26,29)(H,27,28). The van der Waals surface area contributed by atoms with Crippen molar-refractivity contribution in [2.75, 3.05) is 23.8 Å². The number of rotatable bonds is 10. The molecule has 0 fully saturated rings. The van der Waals surface area contributed by atoms with Gasteiger partial charge in [0.05, 0.1) is 6.61 Å². The van der Waals surface area contributed by atoms with Gasteiger partial charge in [0.1, 0.15) is 11.5 Å². The van der Waals surface area contributed by atoms with Gasteiger partial charge in [-0.1, -0.05) is 42.5 Å². The third-order valence-electron chi connectivity index (χ3n) is 4.44. The molecule has 0 atom stereocenters. The number of para-hydroxylation sites is 2. The Labute approximate surface area is 182 Å². The third kappa shape index (κ3) is 7.19. The first-order valence-corrected chi connectivity index (χ1v) is 10.2. The monoisotopic (exact) mass is 418 g/mol. The number of amides is 2. The number of carbonyl (C=O) groups is 2. The SMILES string of the molecule is CCOc1ccccc1CCC(=O)Nc1cccc(OCC(=O)Nc2ccccc2)c1. The molecule has 0 aliphatic heterocycles. The highest BCUT2D eigenvalue weighted by Gasteiger charge is 2.08. The van der Waals surface area contributed by atoms with Crippen LogP contribution in [0.25, 0.3) is 0 Å². The molecule has 0 unspecified atom stereocenters. The quantitative estimate of drug-likeness (QED) is 0.501. The molecule has 2 amide bonds. The minimum Gasteiger partial charge on any atom is -0.494 e. The molecule has 6 nitrogen and oxygen atoms in total. The lowest BCUT2D eigenvalue weighted by atomic mass is 10.1. The van der Waals surface area contributed by atoms with Gasteiger partial charge >= 0.3 is 0 Å². The van der Waals surface area contributed by atoms with Crippen molar-refractivity contribution in [3.63, 3.8) is 0 Å². The summed E-state index contributed by atoms with van der Waals surface area (Å²) in [5, 5.41) is 5.63. The summed E-state index contributed by atoms with van der Waals surface area (Å²) in [6.45, 7) is 2.39. The Kier molecular flexibility index (Phi) is 8.05. The number of benzene rings is 3. The molecule has 0 spiro atoms. The van der Waals surface area contributed by atoms with Crippen LogP contribution in [0.2, 0.25) is 0 Å². The van der Waals surface area contributed by atoms with E-state index >= 15 is 0 Å². The summed E-state index contributed by atoms with van der Waals surface area (Å²) in [5.41, 5.74) is 2.33. The van der Waals surface area contributed by atoms with Gasteiger partial charge in [0.15, 0.2) is 6.61 Å². The summed E-state index contributed by atoms with van der Waals surface area (Å²) in [6, 6.07) is 23.9. The molecule has 0 radical (unpaired) electrons. The fraction of sp³-hybridized carbons (Fsp3) is 0.200. The number of anilines is 2. The molecule has 0 aliphatic carbocycles. The minimum atomic E-state index is -0.256. The lowest BCUT2D eigenvalue weighted by Gasteiger charge is -2.11. The average molecular weight is 418 g/mol.